The number of ether oxygens (including phenoxy) is 2. The van der Waals surface area contributed by atoms with Crippen LogP contribution in [-0.2, 0) is 4.74 Å². The number of nitrogens with one attached hydrogen (secondary N) is 3. The molecule has 0 unspecified atom stereocenters. The van der Waals surface area contributed by atoms with Gasteiger partial charge < -0.3 is 20.1 Å². The van der Waals surface area contributed by atoms with Crippen molar-refractivity contribution < 1.29 is 19.1 Å². The van der Waals surface area contributed by atoms with Crippen LogP contribution in [0.5, 0.6) is 5.75 Å². The zero-order chi connectivity index (χ0) is 22.8. The standard InChI is InChI=1S/C22H26BrN3O4S/c1-14(2)13-30-19-9-6-16(12-18(19)23)21(28)26-22(31)25-17-7-4-15(5-8-17)20(27)24-10-11-29-3/h4-9,12,14H,10-11,13H2,1-3H3,(H,24,27)(H2,25,26,28,31). The number of carbonyl (C=O) groups excluding carboxylic acids is 2. The van der Waals surface area contributed by atoms with Crippen LogP contribution < -0.4 is 20.7 Å². The molecule has 0 aliphatic heterocycles. The second-order valence-corrected chi connectivity index (χ2v) is 8.35. The van der Waals surface area contributed by atoms with E-state index >= 15 is 0 Å². The van der Waals surface area contributed by atoms with Crippen LogP contribution in [0, 0.1) is 5.92 Å². The van der Waals surface area contributed by atoms with Crippen LogP contribution >= 0.6 is 28.1 Å². The summed E-state index contributed by atoms with van der Waals surface area (Å²) in [6, 6.07) is 11.9. The summed E-state index contributed by atoms with van der Waals surface area (Å²) >= 11 is 8.65. The number of anilines is 1. The first kappa shape index (κ1) is 24.8. The number of rotatable bonds is 9. The molecule has 0 atom stereocenters. The summed E-state index contributed by atoms with van der Waals surface area (Å²) in [6.45, 7) is 5.60. The number of benzene rings is 2. The Morgan fingerprint density at radius 1 is 1.06 bits per heavy atom. The summed E-state index contributed by atoms with van der Waals surface area (Å²) in [5.74, 6) is 0.545. The summed E-state index contributed by atoms with van der Waals surface area (Å²) in [4.78, 5) is 24.5. The van der Waals surface area contributed by atoms with Gasteiger partial charge in [0.1, 0.15) is 5.75 Å². The van der Waals surface area contributed by atoms with E-state index in [0.717, 1.165) is 0 Å². The lowest BCUT2D eigenvalue weighted by atomic mass is 10.2. The van der Waals surface area contributed by atoms with Crippen LogP contribution in [0.1, 0.15) is 34.6 Å². The normalized spacial score (nSPS) is 10.5. The van der Waals surface area contributed by atoms with Gasteiger partial charge in [0, 0.05) is 30.5 Å². The molecule has 0 bridgehead atoms. The Balaban J connectivity index is 1.89. The summed E-state index contributed by atoms with van der Waals surface area (Å²) in [6.07, 6.45) is 0. The van der Waals surface area contributed by atoms with E-state index in [0.29, 0.717) is 52.7 Å². The van der Waals surface area contributed by atoms with Crippen LogP contribution in [-0.4, -0.2) is 43.8 Å². The fourth-order valence-electron chi connectivity index (χ4n) is 2.43. The molecule has 31 heavy (non-hydrogen) atoms. The Labute approximate surface area is 196 Å². The van der Waals surface area contributed by atoms with Crippen LogP contribution in [0.25, 0.3) is 0 Å². The molecule has 2 amide bonds. The Morgan fingerprint density at radius 3 is 2.35 bits per heavy atom. The van der Waals surface area contributed by atoms with Crippen LogP contribution in [0.2, 0.25) is 0 Å². The fraction of sp³-hybridized carbons (Fsp3) is 0.318. The van der Waals surface area contributed by atoms with Crippen molar-refractivity contribution in [1.82, 2.24) is 10.6 Å². The van der Waals surface area contributed by atoms with E-state index in [4.69, 9.17) is 21.7 Å². The van der Waals surface area contributed by atoms with Gasteiger partial charge >= 0.3 is 0 Å². The SMILES string of the molecule is COCCNC(=O)c1ccc(NC(=S)NC(=O)c2ccc(OCC(C)C)c(Br)c2)cc1. The lowest BCUT2D eigenvalue weighted by molar-refractivity contribution is 0.0935. The Bertz CT molecular complexity index is 919. The average molecular weight is 508 g/mol. The molecule has 166 valence electrons. The van der Waals surface area contributed by atoms with Crippen molar-refractivity contribution in [2.24, 2.45) is 5.92 Å². The molecule has 0 spiro atoms. The van der Waals surface area contributed by atoms with E-state index in [1.165, 1.54) is 0 Å². The van der Waals surface area contributed by atoms with Crippen LogP contribution in [0.4, 0.5) is 5.69 Å². The minimum Gasteiger partial charge on any atom is -0.492 e. The quantitative estimate of drug-likeness (QED) is 0.351. The largest absolute Gasteiger partial charge is 0.492 e. The maximum atomic E-state index is 12.5. The molecule has 0 heterocycles. The van der Waals surface area contributed by atoms with Gasteiger partial charge in [0.05, 0.1) is 17.7 Å². The molecule has 3 N–H and O–H groups in total. The van der Waals surface area contributed by atoms with Gasteiger partial charge in [-0.25, -0.2) is 0 Å². The minimum absolute atomic E-state index is 0.151. The molecule has 0 saturated heterocycles. The van der Waals surface area contributed by atoms with Crippen molar-refractivity contribution in [1.29, 1.82) is 0 Å². The number of amides is 2. The maximum absolute atomic E-state index is 12.5. The number of halogens is 1. The van der Waals surface area contributed by atoms with E-state index in [2.05, 4.69) is 45.7 Å². The number of methoxy groups -OCH3 is 1. The van der Waals surface area contributed by atoms with Gasteiger partial charge in [-0.3, -0.25) is 14.9 Å². The van der Waals surface area contributed by atoms with E-state index in [1.54, 1.807) is 49.6 Å². The highest BCUT2D eigenvalue weighted by Gasteiger charge is 2.12. The predicted octanol–water partition coefficient (Wildman–Crippen LogP) is 3.99. The van der Waals surface area contributed by atoms with Crippen molar-refractivity contribution in [3.63, 3.8) is 0 Å². The third-order valence-electron chi connectivity index (χ3n) is 3.99. The van der Waals surface area contributed by atoms with E-state index in [-0.39, 0.29) is 16.9 Å². The molecule has 7 nitrogen and oxygen atoms in total. The summed E-state index contributed by atoms with van der Waals surface area (Å²) in [7, 11) is 1.57. The van der Waals surface area contributed by atoms with Crippen molar-refractivity contribution in [3.05, 3.63) is 58.1 Å². The number of hydrogen-bond donors (Lipinski definition) is 3. The Kier molecular flexibility index (Phi) is 9.90. The zero-order valence-corrected chi connectivity index (χ0v) is 20.1. The van der Waals surface area contributed by atoms with Crippen molar-refractivity contribution in [3.8, 4) is 5.75 Å². The average Bonchev–Trinajstić information content (AvgIpc) is 2.73. The van der Waals surface area contributed by atoms with Gasteiger partial charge in [0.2, 0.25) is 0 Å². The minimum atomic E-state index is -0.345. The second kappa shape index (κ2) is 12.4. The molecule has 0 saturated carbocycles. The van der Waals surface area contributed by atoms with Gasteiger partial charge in [0.15, 0.2) is 5.11 Å². The molecule has 0 aliphatic carbocycles. The Morgan fingerprint density at radius 2 is 1.74 bits per heavy atom. The summed E-state index contributed by atoms with van der Waals surface area (Å²) in [5, 5.41) is 8.47. The lowest BCUT2D eigenvalue weighted by Gasteiger charge is -2.13. The number of thiocarbonyl (C=S) groups is 1. The second-order valence-electron chi connectivity index (χ2n) is 7.08. The lowest BCUT2D eigenvalue weighted by Crippen LogP contribution is -2.34. The third-order valence-corrected chi connectivity index (χ3v) is 4.81. The molecule has 0 fully saturated rings. The summed E-state index contributed by atoms with van der Waals surface area (Å²) in [5.41, 5.74) is 1.61. The topological polar surface area (TPSA) is 88.7 Å². The van der Waals surface area contributed by atoms with Crippen molar-refractivity contribution >= 4 is 50.8 Å². The van der Waals surface area contributed by atoms with E-state index in [1.807, 2.05) is 0 Å². The molecule has 9 heteroatoms. The molecular formula is C22H26BrN3O4S. The molecule has 2 rings (SSSR count). The van der Waals surface area contributed by atoms with Crippen LogP contribution in [0.3, 0.4) is 0 Å². The Hall–Kier alpha value is -2.49. The molecule has 0 aromatic heterocycles. The zero-order valence-electron chi connectivity index (χ0n) is 17.7. The van der Waals surface area contributed by atoms with Gasteiger partial charge in [-0.05, 0) is 76.5 Å². The molecule has 0 aliphatic rings. The van der Waals surface area contributed by atoms with Gasteiger partial charge in [-0.2, -0.15) is 0 Å². The van der Waals surface area contributed by atoms with E-state index in [9.17, 15) is 9.59 Å². The first-order valence-corrected chi connectivity index (χ1v) is 10.9. The first-order valence-electron chi connectivity index (χ1n) is 9.72. The van der Waals surface area contributed by atoms with Gasteiger partial charge in [-0.1, -0.05) is 13.8 Å². The van der Waals surface area contributed by atoms with E-state index < -0.39 is 0 Å². The highest BCUT2D eigenvalue weighted by molar-refractivity contribution is 9.10. The first-order chi connectivity index (χ1) is 14.8. The van der Waals surface area contributed by atoms with Gasteiger partial charge in [-0.15, -0.1) is 0 Å². The number of carbonyl (C=O) groups is 2. The maximum Gasteiger partial charge on any atom is 0.257 e. The predicted molar refractivity (Wildman–Crippen MR) is 129 cm³/mol. The van der Waals surface area contributed by atoms with Crippen LogP contribution in [0.15, 0.2) is 46.9 Å². The fourth-order valence-corrected chi connectivity index (χ4v) is 3.13. The van der Waals surface area contributed by atoms with Crippen molar-refractivity contribution in [2.75, 3.05) is 32.2 Å². The van der Waals surface area contributed by atoms with Gasteiger partial charge in [0.25, 0.3) is 11.8 Å². The number of hydrogen-bond acceptors (Lipinski definition) is 5. The molecule has 2 aromatic carbocycles. The molecule has 2 aromatic rings. The monoisotopic (exact) mass is 507 g/mol. The highest BCUT2D eigenvalue weighted by Crippen LogP contribution is 2.26. The smallest absolute Gasteiger partial charge is 0.257 e. The highest BCUT2D eigenvalue weighted by atomic mass is 79.9. The third kappa shape index (κ3) is 8.28. The summed E-state index contributed by atoms with van der Waals surface area (Å²) < 4.78 is 11.3. The van der Waals surface area contributed by atoms with Crippen molar-refractivity contribution in [2.45, 2.75) is 13.8 Å². The molecular weight excluding hydrogens is 482 g/mol. The molecule has 0 radical (unpaired) electrons.